The normalized spacial score (nSPS) is 10.2. The van der Waals surface area contributed by atoms with Gasteiger partial charge in [-0.25, -0.2) is 0 Å². The molecule has 0 atom stereocenters. The van der Waals surface area contributed by atoms with E-state index in [4.69, 9.17) is 22.1 Å². The zero-order valence-electron chi connectivity index (χ0n) is 9.48. The van der Waals surface area contributed by atoms with Crippen LogP contribution in [0.2, 0.25) is 5.02 Å². The minimum absolute atomic E-state index is 0.576. The molecule has 0 unspecified atom stereocenters. The van der Waals surface area contributed by atoms with E-state index in [1.165, 1.54) is 0 Å². The number of hydrogen-bond acceptors (Lipinski definition) is 3. The first-order chi connectivity index (χ1) is 8.19. The van der Waals surface area contributed by atoms with Crippen LogP contribution in [-0.2, 0) is 6.42 Å². The number of nitrogen functional groups attached to an aromatic ring is 1. The zero-order chi connectivity index (χ0) is 12.3. The van der Waals surface area contributed by atoms with Gasteiger partial charge in [0.25, 0.3) is 0 Å². The minimum atomic E-state index is 0.576. The Kier molecular flexibility index (Phi) is 3.49. The molecule has 1 aromatic carbocycles. The number of anilines is 1. The van der Waals surface area contributed by atoms with Crippen molar-refractivity contribution in [3.05, 3.63) is 47.2 Å². The number of ether oxygens (including phenoxy) is 1. The summed E-state index contributed by atoms with van der Waals surface area (Å²) in [5, 5.41) is 0.755. The van der Waals surface area contributed by atoms with Gasteiger partial charge in [0.2, 0.25) is 0 Å². The smallest absolute Gasteiger partial charge is 0.147 e. The lowest BCUT2D eigenvalue weighted by molar-refractivity contribution is 0.480. The Morgan fingerprint density at radius 1 is 1.24 bits per heavy atom. The number of pyridine rings is 1. The summed E-state index contributed by atoms with van der Waals surface area (Å²) < 4.78 is 5.66. The van der Waals surface area contributed by atoms with E-state index in [1.54, 1.807) is 18.5 Å². The first kappa shape index (κ1) is 11.7. The molecular weight excluding hydrogens is 236 g/mol. The maximum absolute atomic E-state index is 6.04. The van der Waals surface area contributed by atoms with Crippen LogP contribution in [0.5, 0.6) is 11.5 Å². The highest BCUT2D eigenvalue weighted by atomic mass is 35.5. The fourth-order valence-electron chi connectivity index (χ4n) is 1.51. The van der Waals surface area contributed by atoms with Crippen molar-refractivity contribution in [3.63, 3.8) is 0 Å². The fraction of sp³-hybridized carbons (Fsp3) is 0.154. The van der Waals surface area contributed by atoms with Gasteiger partial charge in [-0.3, -0.25) is 4.98 Å². The van der Waals surface area contributed by atoms with Crippen molar-refractivity contribution in [2.45, 2.75) is 13.3 Å². The highest BCUT2D eigenvalue weighted by Gasteiger charge is 2.03. The summed E-state index contributed by atoms with van der Waals surface area (Å²) in [7, 11) is 0. The predicted molar refractivity (Wildman–Crippen MR) is 69.6 cm³/mol. The average molecular weight is 249 g/mol. The molecule has 2 N–H and O–H groups in total. The van der Waals surface area contributed by atoms with Crippen LogP contribution in [-0.4, -0.2) is 4.98 Å². The molecule has 2 rings (SSSR count). The van der Waals surface area contributed by atoms with E-state index in [0.29, 0.717) is 11.4 Å². The molecule has 0 radical (unpaired) electrons. The molecule has 0 saturated carbocycles. The summed E-state index contributed by atoms with van der Waals surface area (Å²) in [5.41, 5.74) is 7.26. The summed E-state index contributed by atoms with van der Waals surface area (Å²) >= 11 is 6.04. The Hall–Kier alpha value is -1.74. The van der Waals surface area contributed by atoms with Crippen molar-refractivity contribution in [2.24, 2.45) is 0 Å². The van der Waals surface area contributed by atoms with E-state index in [1.807, 2.05) is 25.1 Å². The Labute approximate surface area is 105 Å². The molecule has 0 saturated heterocycles. The number of rotatable bonds is 3. The van der Waals surface area contributed by atoms with Crippen molar-refractivity contribution in [1.82, 2.24) is 4.98 Å². The summed E-state index contributed by atoms with van der Waals surface area (Å²) in [6, 6.07) is 7.30. The van der Waals surface area contributed by atoms with Gasteiger partial charge in [-0.2, -0.15) is 0 Å². The Morgan fingerprint density at radius 2 is 2.06 bits per heavy atom. The Morgan fingerprint density at radius 3 is 2.76 bits per heavy atom. The molecule has 0 bridgehead atoms. The van der Waals surface area contributed by atoms with E-state index >= 15 is 0 Å². The van der Waals surface area contributed by atoms with Gasteiger partial charge in [-0.15, -0.1) is 0 Å². The maximum atomic E-state index is 6.04. The van der Waals surface area contributed by atoms with Gasteiger partial charge in [0.1, 0.15) is 11.5 Å². The molecule has 1 heterocycles. The first-order valence-corrected chi connectivity index (χ1v) is 5.73. The fourth-order valence-corrected chi connectivity index (χ4v) is 1.76. The van der Waals surface area contributed by atoms with Gasteiger partial charge in [0, 0.05) is 11.1 Å². The summed E-state index contributed by atoms with van der Waals surface area (Å²) in [6.45, 7) is 2.05. The number of nitrogens with two attached hydrogens (primary N) is 1. The molecule has 2 aromatic rings. The molecule has 0 fully saturated rings. The monoisotopic (exact) mass is 248 g/mol. The van der Waals surface area contributed by atoms with E-state index in [0.717, 1.165) is 22.8 Å². The highest BCUT2D eigenvalue weighted by molar-refractivity contribution is 6.31. The molecule has 0 aliphatic carbocycles. The molecular formula is C13H13ClN2O. The number of halogens is 1. The van der Waals surface area contributed by atoms with Crippen molar-refractivity contribution in [2.75, 3.05) is 5.73 Å². The molecule has 4 heteroatoms. The van der Waals surface area contributed by atoms with E-state index < -0.39 is 0 Å². The number of benzene rings is 1. The maximum Gasteiger partial charge on any atom is 0.147 e. The van der Waals surface area contributed by atoms with Gasteiger partial charge >= 0.3 is 0 Å². The molecule has 0 spiro atoms. The van der Waals surface area contributed by atoms with Gasteiger partial charge in [-0.1, -0.05) is 18.5 Å². The lowest BCUT2D eigenvalue weighted by Gasteiger charge is -2.08. The third kappa shape index (κ3) is 2.88. The molecule has 88 valence electrons. The summed E-state index contributed by atoms with van der Waals surface area (Å²) in [5.74, 6) is 1.35. The Balaban J connectivity index is 2.24. The van der Waals surface area contributed by atoms with Crippen LogP contribution in [0.3, 0.4) is 0 Å². The van der Waals surface area contributed by atoms with Crippen LogP contribution in [0.15, 0.2) is 36.7 Å². The second-order valence-electron chi connectivity index (χ2n) is 3.66. The summed E-state index contributed by atoms with van der Waals surface area (Å²) in [4.78, 5) is 3.96. The van der Waals surface area contributed by atoms with Gasteiger partial charge in [-0.05, 0) is 30.2 Å². The number of hydrogen-bond donors (Lipinski definition) is 1. The predicted octanol–water partition coefficient (Wildman–Crippen LogP) is 3.67. The second-order valence-corrected chi connectivity index (χ2v) is 4.07. The molecule has 1 aromatic heterocycles. The van der Waals surface area contributed by atoms with Crippen LogP contribution in [0, 0.1) is 0 Å². The van der Waals surface area contributed by atoms with Crippen molar-refractivity contribution < 1.29 is 4.74 Å². The third-order valence-corrected chi connectivity index (χ3v) is 2.74. The van der Waals surface area contributed by atoms with Gasteiger partial charge in [0.05, 0.1) is 18.1 Å². The Bertz CT molecular complexity index is 529. The molecule has 0 aliphatic heterocycles. The topological polar surface area (TPSA) is 48.1 Å². The summed E-state index contributed by atoms with van der Waals surface area (Å²) in [6.07, 6.45) is 4.06. The van der Waals surface area contributed by atoms with Crippen LogP contribution in [0.4, 0.5) is 5.69 Å². The number of aryl methyl sites for hydroxylation is 1. The minimum Gasteiger partial charge on any atom is -0.456 e. The SMILES string of the molecule is CCc1cc(Oc2cncc(N)c2)ccc1Cl. The van der Waals surface area contributed by atoms with Gasteiger partial charge < -0.3 is 10.5 Å². The average Bonchev–Trinajstić information content (AvgIpc) is 2.32. The highest BCUT2D eigenvalue weighted by Crippen LogP contribution is 2.26. The first-order valence-electron chi connectivity index (χ1n) is 5.36. The second kappa shape index (κ2) is 5.06. The number of aromatic nitrogens is 1. The van der Waals surface area contributed by atoms with E-state index in [2.05, 4.69) is 4.98 Å². The van der Waals surface area contributed by atoms with Crippen molar-refractivity contribution >= 4 is 17.3 Å². The lowest BCUT2D eigenvalue weighted by atomic mass is 10.1. The number of nitrogens with zero attached hydrogens (tertiary/aromatic N) is 1. The zero-order valence-corrected chi connectivity index (χ0v) is 10.2. The van der Waals surface area contributed by atoms with E-state index in [9.17, 15) is 0 Å². The molecule has 17 heavy (non-hydrogen) atoms. The van der Waals surface area contributed by atoms with Crippen molar-refractivity contribution in [1.29, 1.82) is 0 Å². The van der Waals surface area contributed by atoms with E-state index in [-0.39, 0.29) is 0 Å². The van der Waals surface area contributed by atoms with Crippen molar-refractivity contribution in [3.8, 4) is 11.5 Å². The molecule has 0 amide bonds. The van der Waals surface area contributed by atoms with Gasteiger partial charge in [0.15, 0.2) is 0 Å². The molecule has 0 aliphatic rings. The third-order valence-electron chi connectivity index (χ3n) is 2.37. The lowest BCUT2D eigenvalue weighted by Crippen LogP contribution is -1.91. The van der Waals surface area contributed by atoms with Crippen LogP contribution in [0.1, 0.15) is 12.5 Å². The molecule has 3 nitrogen and oxygen atoms in total. The standard InChI is InChI=1S/C13H13ClN2O/c1-2-9-5-11(3-4-13(9)14)17-12-6-10(15)7-16-8-12/h3-8H,2,15H2,1H3. The largest absolute Gasteiger partial charge is 0.456 e. The van der Waals surface area contributed by atoms with Crippen LogP contribution in [0.25, 0.3) is 0 Å². The van der Waals surface area contributed by atoms with Crippen LogP contribution < -0.4 is 10.5 Å². The van der Waals surface area contributed by atoms with Crippen LogP contribution >= 0.6 is 11.6 Å². The quantitative estimate of drug-likeness (QED) is 0.902.